The van der Waals surface area contributed by atoms with Gasteiger partial charge in [0.05, 0.1) is 14.2 Å². The minimum atomic E-state index is 0.259. The van der Waals surface area contributed by atoms with Gasteiger partial charge in [-0.15, -0.1) is 0 Å². The van der Waals surface area contributed by atoms with Crippen molar-refractivity contribution in [2.45, 2.75) is 19.5 Å². The minimum Gasteiger partial charge on any atom is -0.497 e. The van der Waals surface area contributed by atoms with Crippen LogP contribution in [0.3, 0.4) is 0 Å². The number of benzene rings is 2. The van der Waals surface area contributed by atoms with Gasteiger partial charge in [-0.3, -0.25) is 0 Å². The third kappa shape index (κ3) is 4.22. The molecule has 21 heavy (non-hydrogen) atoms. The molecule has 0 radical (unpaired) electrons. The minimum absolute atomic E-state index is 0.259. The molecule has 0 spiro atoms. The molecule has 0 amide bonds. The first kappa shape index (κ1) is 15.9. The zero-order chi connectivity index (χ0) is 15.2. The summed E-state index contributed by atoms with van der Waals surface area (Å²) in [6, 6.07) is 14.5. The quantitative estimate of drug-likeness (QED) is 0.842. The SMILES string of the molecule is COc1ccc(CN[C@H](C)c2cccc(Br)c2)c(OC)c1. The summed E-state index contributed by atoms with van der Waals surface area (Å²) in [6.07, 6.45) is 0. The summed E-state index contributed by atoms with van der Waals surface area (Å²) in [6.45, 7) is 2.89. The fourth-order valence-corrected chi connectivity index (χ4v) is 2.57. The van der Waals surface area contributed by atoms with Crippen molar-refractivity contribution in [2.75, 3.05) is 14.2 Å². The van der Waals surface area contributed by atoms with Crippen molar-refractivity contribution in [1.82, 2.24) is 5.32 Å². The molecule has 112 valence electrons. The van der Waals surface area contributed by atoms with E-state index in [1.165, 1.54) is 5.56 Å². The lowest BCUT2D eigenvalue weighted by atomic mass is 10.1. The first-order valence-electron chi connectivity index (χ1n) is 6.83. The van der Waals surface area contributed by atoms with Gasteiger partial charge in [-0.2, -0.15) is 0 Å². The summed E-state index contributed by atoms with van der Waals surface area (Å²) in [5, 5.41) is 3.51. The van der Waals surface area contributed by atoms with Crippen molar-refractivity contribution in [3.63, 3.8) is 0 Å². The van der Waals surface area contributed by atoms with Crippen LogP contribution in [0.4, 0.5) is 0 Å². The molecule has 0 saturated heterocycles. The summed E-state index contributed by atoms with van der Waals surface area (Å²) in [5.74, 6) is 1.64. The average molecular weight is 350 g/mol. The summed E-state index contributed by atoms with van der Waals surface area (Å²) in [7, 11) is 3.33. The summed E-state index contributed by atoms with van der Waals surface area (Å²) < 4.78 is 11.7. The van der Waals surface area contributed by atoms with Crippen LogP contribution in [0, 0.1) is 0 Å². The number of halogens is 1. The third-order valence-corrected chi connectivity index (χ3v) is 3.93. The van der Waals surface area contributed by atoms with E-state index in [2.05, 4.69) is 40.3 Å². The van der Waals surface area contributed by atoms with Crippen LogP contribution in [0.1, 0.15) is 24.1 Å². The highest BCUT2D eigenvalue weighted by Gasteiger charge is 2.09. The Hall–Kier alpha value is -1.52. The highest BCUT2D eigenvalue weighted by molar-refractivity contribution is 9.10. The van der Waals surface area contributed by atoms with Gasteiger partial charge in [0.1, 0.15) is 11.5 Å². The molecule has 2 aromatic rings. The zero-order valence-electron chi connectivity index (χ0n) is 12.5. The van der Waals surface area contributed by atoms with Gasteiger partial charge >= 0.3 is 0 Å². The zero-order valence-corrected chi connectivity index (χ0v) is 14.1. The molecular formula is C17H20BrNO2. The van der Waals surface area contributed by atoms with Crippen LogP contribution in [-0.4, -0.2) is 14.2 Å². The molecule has 1 atom stereocenters. The second-order valence-electron chi connectivity index (χ2n) is 4.84. The summed E-state index contributed by atoms with van der Waals surface area (Å²) in [5.41, 5.74) is 2.36. The Morgan fingerprint density at radius 3 is 2.57 bits per heavy atom. The van der Waals surface area contributed by atoms with Crippen LogP contribution >= 0.6 is 15.9 Å². The molecule has 3 nitrogen and oxygen atoms in total. The van der Waals surface area contributed by atoms with Crippen LogP contribution < -0.4 is 14.8 Å². The molecule has 0 aliphatic heterocycles. The number of hydrogen-bond donors (Lipinski definition) is 1. The van der Waals surface area contributed by atoms with E-state index in [4.69, 9.17) is 9.47 Å². The van der Waals surface area contributed by atoms with E-state index in [1.807, 2.05) is 30.3 Å². The van der Waals surface area contributed by atoms with Crippen molar-refractivity contribution >= 4 is 15.9 Å². The van der Waals surface area contributed by atoms with Gasteiger partial charge in [0, 0.05) is 28.7 Å². The Balaban J connectivity index is 2.05. The highest BCUT2D eigenvalue weighted by atomic mass is 79.9. The lowest BCUT2D eigenvalue weighted by Gasteiger charge is -2.16. The topological polar surface area (TPSA) is 30.5 Å². The Kier molecular flexibility index (Phi) is 5.65. The maximum Gasteiger partial charge on any atom is 0.127 e. The van der Waals surface area contributed by atoms with Crippen molar-refractivity contribution in [3.8, 4) is 11.5 Å². The Labute approximate surface area is 134 Å². The molecule has 0 saturated carbocycles. The summed E-state index contributed by atoms with van der Waals surface area (Å²) >= 11 is 3.50. The van der Waals surface area contributed by atoms with E-state index in [-0.39, 0.29) is 6.04 Å². The van der Waals surface area contributed by atoms with E-state index in [1.54, 1.807) is 14.2 Å². The number of hydrogen-bond acceptors (Lipinski definition) is 3. The highest BCUT2D eigenvalue weighted by Crippen LogP contribution is 2.25. The second kappa shape index (κ2) is 7.48. The largest absolute Gasteiger partial charge is 0.497 e. The molecule has 0 unspecified atom stereocenters. The van der Waals surface area contributed by atoms with Crippen molar-refractivity contribution in [1.29, 1.82) is 0 Å². The van der Waals surface area contributed by atoms with Crippen molar-refractivity contribution in [2.24, 2.45) is 0 Å². The normalized spacial score (nSPS) is 12.0. The molecule has 2 aromatic carbocycles. The fourth-order valence-electron chi connectivity index (χ4n) is 2.15. The molecule has 0 aromatic heterocycles. The first-order chi connectivity index (χ1) is 10.1. The molecular weight excluding hydrogens is 330 g/mol. The van der Waals surface area contributed by atoms with Gasteiger partial charge in [-0.05, 0) is 30.7 Å². The molecule has 0 aliphatic carbocycles. The summed E-state index contributed by atoms with van der Waals surface area (Å²) in [4.78, 5) is 0. The number of nitrogens with one attached hydrogen (secondary N) is 1. The lowest BCUT2D eigenvalue weighted by molar-refractivity contribution is 0.389. The van der Waals surface area contributed by atoms with Gasteiger partial charge in [-0.25, -0.2) is 0 Å². The smallest absolute Gasteiger partial charge is 0.127 e. The number of rotatable bonds is 6. The van der Waals surface area contributed by atoms with Crippen molar-refractivity contribution in [3.05, 3.63) is 58.1 Å². The van der Waals surface area contributed by atoms with E-state index < -0.39 is 0 Å². The maximum absolute atomic E-state index is 5.42. The van der Waals surface area contributed by atoms with Crippen molar-refractivity contribution < 1.29 is 9.47 Å². The van der Waals surface area contributed by atoms with Crippen LogP contribution in [0.25, 0.3) is 0 Å². The van der Waals surface area contributed by atoms with Crippen LogP contribution in [0.2, 0.25) is 0 Å². The van der Waals surface area contributed by atoms with E-state index in [0.717, 1.165) is 28.1 Å². The van der Waals surface area contributed by atoms with Gasteiger partial charge in [0.25, 0.3) is 0 Å². The van der Waals surface area contributed by atoms with Gasteiger partial charge < -0.3 is 14.8 Å². The van der Waals surface area contributed by atoms with Crippen LogP contribution in [0.5, 0.6) is 11.5 Å². The Morgan fingerprint density at radius 2 is 1.90 bits per heavy atom. The number of methoxy groups -OCH3 is 2. The third-order valence-electron chi connectivity index (χ3n) is 3.44. The van der Waals surface area contributed by atoms with E-state index >= 15 is 0 Å². The Morgan fingerprint density at radius 1 is 1.10 bits per heavy atom. The second-order valence-corrected chi connectivity index (χ2v) is 5.75. The molecule has 0 fully saturated rings. The fraction of sp³-hybridized carbons (Fsp3) is 0.294. The van der Waals surface area contributed by atoms with Crippen LogP contribution in [-0.2, 0) is 6.54 Å². The van der Waals surface area contributed by atoms with E-state index in [9.17, 15) is 0 Å². The predicted molar refractivity (Wildman–Crippen MR) is 88.9 cm³/mol. The molecule has 1 N–H and O–H groups in total. The standard InChI is InChI=1S/C17H20BrNO2/c1-12(13-5-4-6-15(18)9-13)19-11-14-7-8-16(20-2)10-17(14)21-3/h4-10,12,19H,11H2,1-3H3/t12-/m1/s1. The average Bonchev–Trinajstić information content (AvgIpc) is 2.52. The predicted octanol–water partition coefficient (Wildman–Crippen LogP) is 4.32. The monoisotopic (exact) mass is 349 g/mol. The van der Waals surface area contributed by atoms with Crippen LogP contribution in [0.15, 0.2) is 46.9 Å². The number of ether oxygens (including phenoxy) is 2. The van der Waals surface area contributed by atoms with E-state index in [0.29, 0.717) is 0 Å². The molecule has 0 heterocycles. The Bertz CT molecular complexity index is 601. The molecule has 0 aliphatic rings. The van der Waals surface area contributed by atoms with Gasteiger partial charge in [0.2, 0.25) is 0 Å². The van der Waals surface area contributed by atoms with Gasteiger partial charge in [-0.1, -0.05) is 34.1 Å². The van der Waals surface area contributed by atoms with Gasteiger partial charge in [0.15, 0.2) is 0 Å². The lowest BCUT2D eigenvalue weighted by Crippen LogP contribution is -2.18. The molecule has 2 rings (SSSR count). The molecule has 0 bridgehead atoms. The first-order valence-corrected chi connectivity index (χ1v) is 7.63. The molecule has 4 heteroatoms. The maximum atomic E-state index is 5.42.